The molecule has 8 heteroatoms. The van der Waals surface area contributed by atoms with Crippen molar-refractivity contribution < 1.29 is 18.0 Å². The first kappa shape index (κ1) is 16.8. The zero-order valence-electron chi connectivity index (χ0n) is 12.8. The van der Waals surface area contributed by atoms with Crippen LogP contribution in [-0.2, 0) is 13.2 Å². The van der Waals surface area contributed by atoms with Crippen molar-refractivity contribution >= 4 is 5.91 Å². The smallest absolute Gasteiger partial charge is 0.348 e. The minimum Gasteiger partial charge on any atom is -0.348 e. The number of hydrogen-bond donors (Lipinski definition) is 1. The van der Waals surface area contributed by atoms with Gasteiger partial charge in [0.1, 0.15) is 0 Å². The third-order valence-electron chi connectivity index (χ3n) is 3.70. The highest BCUT2D eigenvalue weighted by atomic mass is 19.4. The molecule has 1 fully saturated rings. The Morgan fingerprint density at radius 2 is 2.00 bits per heavy atom. The summed E-state index contributed by atoms with van der Waals surface area (Å²) in [6.45, 7) is 4.39. The van der Waals surface area contributed by atoms with E-state index in [-0.39, 0.29) is 6.04 Å². The highest BCUT2D eigenvalue weighted by Crippen LogP contribution is 2.30. The predicted molar refractivity (Wildman–Crippen MR) is 75.4 cm³/mol. The number of amides is 1. The van der Waals surface area contributed by atoms with Gasteiger partial charge in [-0.3, -0.25) is 9.48 Å². The molecule has 1 saturated heterocycles. The first-order chi connectivity index (χ1) is 10.3. The zero-order chi connectivity index (χ0) is 16.3. The molecule has 1 unspecified atom stereocenters. The average Bonchev–Trinajstić information content (AvgIpc) is 2.82. The number of rotatable bonds is 4. The van der Waals surface area contributed by atoms with Gasteiger partial charge in [-0.15, -0.1) is 0 Å². The molecule has 0 saturated carbocycles. The van der Waals surface area contributed by atoms with Gasteiger partial charge in [0.25, 0.3) is 5.91 Å². The average molecular weight is 318 g/mol. The van der Waals surface area contributed by atoms with Crippen LogP contribution in [0.1, 0.15) is 42.2 Å². The van der Waals surface area contributed by atoms with Crippen LogP contribution in [0.4, 0.5) is 13.2 Å². The lowest BCUT2D eigenvalue weighted by atomic mass is 10.1. The Morgan fingerprint density at radius 1 is 1.36 bits per heavy atom. The molecule has 1 aromatic rings. The van der Waals surface area contributed by atoms with Crippen LogP contribution in [0.5, 0.6) is 0 Å². The number of alkyl halides is 3. The van der Waals surface area contributed by atoms with Gasteiger partial charge in [0, 0.05) is 25.8 Å². The van der Waals surface area contributed by atoms with Crippen LogP contribution in [-0.4, -0.2) is 46.3 Å². The van der Waals surface area contributed by atoms with Crippen molar-refractivity contribution in [2.24, 2.45) is 7.05 Å². The number of piperidine rings is 1. The first-order valence-corrected chi connectivity index (χ1v) is 7.41. The van der Waals surface area contributed by atoms with Crippen LogP contribution in [0.2, 0.25) is 0 Å². The quantitative estimate of drug-likeness (QED) is 0.924. The Kier molecular flexibility index (Phi) is 5.10. The molecule has 0 spiro atoms. The molecule has 0 bridgehead atoms. The monoisotopic (exact) mass is 318 g/mol. The van der Waals surface area contributed by atoms with Gasteiger partial charge in [0.2, 0.25) is 0 Å². The van der Waals surface area contributed by atoms with E-state index in [1.807, 2.05) is 0 Å². The Labute approximate surface area is 127 Å². The number of carbonyl (C=O) groups is 1. The lowest BCUT2D eigenvalue weighted by Gasteiger charge is -2.29. The highest BCUT2D eigenvalue weighted by Gasteiger charge is 2.39. The van der Waals surface area contributed by atoms with E-state index in [4.69, 9.17) is 0 Å². The third kappa shape index (κ3) is 4.22. The minimum atomic E-state index is -4.63. The Balaban J connectivity index is 1.99. The largest absolute Gasteiger partial charge is 0.435 e. The second-order valence-electron chi connectivity index (χ2n) is 5.80. The number of nitrogens with one attached hydrogen (secondary N) is 1. The Morgan fingerprint density at radius 3 is 2.59 bits per heavy atom. The molecule has 2 rings (SSSR count). The van der Waals surface area contributed by atoms with Gasteiger partial charge < -0.3 is 10.2 Å². The minimum absolute atomic E-state index is 0.216. The van der Waals surface area contributed by atoms with E-state index in [1.165, 1.54) is 13.5 Å². The van der Waals surface area contributed by atoms with Crippen molar-refractivity contribution in [1.29, 1.82) is 0 Å². The van der Waals surface area contributed by atoms with Gasteiger partial charge in [-0.25, -0.2) is 0 Å². The topological polar surface area (TPSA) is 50.2 Å². The molecule has 5 nitrogen and oxygen atoms in total. The van der Waals surface area contributed by atoms with Crippen LogP contribution >= 0.6 is 0 Å². The van der Waals surface area contributed by atoms with Crippen molar-refractivity contribution in [3.05, 3.63) is 17.5 Å². The van der Waals surface area contributed by atoms with E-state index in [0.29, 0.717) is 6.54 Å². The van der Waals surface area contributed by atoms with Crippen molar-refractivity contribution in [3.8, 4) is 0 Å². The van der Waals surface area contributed by atoms with Crippen molar-refractivity contribution in [3.63, 3.8) is 0 Å². The molecule has 0 radical (unpaired) electrons. The third-order valence-corrected chi connectivity index (χ3v) is 3.70. The van der Waals surface area contributed by atoms with E-state index >= 15 is 0 Å². The summed E-state index contributed by atoms with van der Waals surface area (Å²) >= 11 is 0. The van der Waals surface area contributed by atoms with Crippen LogP contribution in [0.25, 0.3) is 0 Å². The predicted octanol–water partition coefficient (Wildman–Crippen LogP) is 2.04. The summed E-state index contributed by atoms with van der Waals surface area (Å²) in [6.07, 6.45) is -0.0688. The van der Waals surface area contributed by atoms with Crippen LogP contribution in [0.3, 0.4) is 0 Å². The maximum atomic E-state index is 12.9. The maximum absolute atomic E-state index is 12.9. The SMILES string of the molecule is CC(CN1CCCCC1)NC(=O)c1cn(C)nc1C(F)(F)F. The van der Waals surface area contributed by atoms with Crippen molar-refractivity contribution in [1.82, 2.24) is 20.0 Å². The fourth-order valence-electron chi connectivity index (χ4n) is 2.74. The second kappa shape index (κ2) is 6.68. The van der Waals surface area contributed by atoms with Crippen LogP contribution in [0, 0.1) is 0 Å². The molecule has 0 aromatic carbocycles. The summed E-state index contributed by atoms with van der Waals surface area (Å²) < 4.78 is 39.6. The van der Waals surface area contributed by atoms with E-state index in [0.717, 1.165) is 36.8 Å². The summed E-state index contributed by atoms with van der Waals surface area (Å²) in [6, 6.07) is -0.216. The van der Waals surface area contributed by atoms with Gasteiger partial charge >= 0.3 is 6.18 Å². The number of nitrogens with zero attached hydrogens (tertiary/aromatic N) is 3. The molecule has 1 amide bonds. The Hall–Kier alpha value is -1.57. The molecule has 1 aliphatic heterocycles. The molecular formula is C14H21F3N4O. The van der Waals surface area contributed by atoms with E-state index in [2.05, 4.69) is 15.3 Å². The van der Waals surface area contributed by atoms with Gasteiger partial charge in [0.05, 0.1) is 5.56 Å². The zero-order valence-corrected chi connectivity index (χ0v) is 12.8. The molecule has 1 atom stereocenters. The van der Waals surface area contributed by atoms with Gasteiger partial charge in [-0.2, -0.15) is 18.3 Å². The standard InChI is InChI=1S/C14H21F3N4O/c1-10(8-21-6-4-3-5-7-21)18-13(22)11-9-20(2)19-12(11)14(15,16)17/h9-10H,3-8H2,1-2H3,(H,18,22). The van der Waals surface area contributed by atoms with Crippen LogP contribution in [0.15, 0.2) is 6.20 Å². The summed E-state index contributed by atoms with van der Waals surface area (Å²) in [4.78, 5) is 14.3. The van der Waals surface area contributed by atoms with E-state index < -0.39 is 23.3 Å². The van der Waals surface area contributed by atoms with Gasteiger partial charge in [0.15, 0.2) is 5.69 Å². The fraction of sp³-hybridized carbons (Fsp3) is 0.714. The molecule has 0 aliphatic carbocycles. The van der Waals surface area contributed by atoms with Crippen molar-refractivity contribution in [2.75, 3.05) is 19.6 Å². The number of likely N-dealkylation sites (tertiary alicyclic amines) is 1. The molecule has 2 heterocycles. The second-order valence-corrected chi connectivity index (χ2v) is 5.80. The molecule has 1 aromatic heterocycles. The number of aromatic nitrogens is 2. The number of carbonyl (C=O) groups excluding carboxylic acids is 1. The molecule has 1 N–H and O–H groups in total. The fourth-order valence-corrected chi connectivity index (χ4v) is 2.74. The van der Waals surface area contributed by atoms with Crippen LogP contribution < -0.4 is 5.32 Å². The summed E-state index contributed by atoms with van der Waals surface area (Å²) in [5.41, 5.74) is -1.57. The lowest BCUT2D eigenvalue weighted by Crippen LogP contribution is -2.43. The first-order valence-electron chi connectivity index (χ1n) is 7.41. The molecular weight excluding hydrogens is 297 g/mol. The van der Waals surface area contributed by atoms with Crippen molar-refractivity contribution in [2.45, 2.75) is 38.4 Å². The summed E-state index contributed by atoms with van der Waals surface area (Å²) in [7, 11) is 1.36. The Bertz CT molecular complexity index is 521. The van der Waals surface area contributed by atoms with Gasteiger partial charge in [-0.05, 0) is 32.9 Å². The normalized spacial score (nSPS) is 18.2. The highest BCUT2D eigenvalue weighted by molar-refractivity contribution is 5.95. The number of aryl methyl sites for hydroxylation is 1. The van der Waals surface area contributed by atoms with Gasteiger partial charge in [-0.1, -0.05) is 6.42 Å². The molecule has 1 aliphatic rings. The number of hydrogen-bond acceptors (Lipinski definition) is 3. The number of halogens is 3. The molecule has 22 heavy (non-hydrogen) atoms. The van der Waals surface area contributed by atoms with E-state index in [9.17, 15) is 18.0 Å². The lowest BCUT2D eigenvalue weighted by molar-refractivity contribution is -0.141. The molecule has 124 valence electrons. The van der Waals surface area contributed by atoms with E-state index in [1.54, 1.807) is 6.92 Å². The maximum Gasteiger partial charge on any atom is 0.435 e. The summed E-state index contributed by atoms with van der Waals surface area (Å²) in [5, 5.41) is 5.98. The summed E-state index contributed by atoms with van der Waals surface area (Å²) in [5.74, 6) is -0.732.